The zero-order chi connectivity index (χ0) is 14.4. The van der Waals surface area contributed by atoms with Crippen molar-refractivity contribution < 1.29 is 14.7 Å². The fraction of sp³-hybridized carbons (Fsp3) is 0.857. The molecule has 0 saturated heterocycles. The number of nitrogens with zero attached hydrogens (tertiary/aromatic N) is 1. The molecule has 110 valence electrons. The lowest BCUT2D eigenvalue weighted by atomic mass is 9.86. The molecule has 5 heteroatoms. The van der Waals surface area contributed by atoms with Crippen LogP contribution in [-0.2, 0) is 4.79 Å². The van der Waals surface area contributed by atoms with Crippen molar-refractivity contribution >= 4 is 12.0 Å². The average Bonchev–Trinajstić information content (AvgIpc) is 2.36. The van der Waals surface area contributed by atoms with Crippen LogP contribution in [0.1, 0.15) is 52.4 Å². The van der Waals surface area contributed by atoms with Crippen LogP contribution >= 0.6 is 0 Å². The van der Waals surface area contributed by atoms with E-state index < -0.39 is 5.97 Å². The second-order valence-corrected chi connectivity index (χ2v) is 5.69. The van der Waals surface area contributed by atoms with Crippen LogP contribution in [0.5, 0.6) is 0 Å². The smallest absolute Gasteiger partial charge is 0.317 e. The molecule has 0 spiro atoms. The Bertz CT molecular complexity index is 320. The molecule has 1 aliphatic rings. The molecule has 0 aliphatic heterocycles. The van der Waals surface area contributed by atoms with Crippen molar-refractivity contribution in [2.45, 2.75) is 64.5 Å². The van der Waals surface area contributed by atoms with E-state index in [1.165, 1.54) is 6.42 Å². The Morgan fingerprint density at radius 2 is 2.11 bits per heavy atom. The first kappa shape index (κ1) is 15.8. The molecular formula is C14H26N2O3. The van der Waals surface area contributed by atoms with Gasteiger partial charge in [-0.2, -0.15) is 0 Å². The van der Waals surface area contributed by atoms with E-state index in [2.05, 4.69) is 12.2 Å². The largest absolute Gasteiger partial charge is 0.481 e. The summed E-state index contributed by atoms with van der Waals surface area (Å²) in [6, 6.07) is -0.147. The minimum atomic E-state index is -0.874. The van der Waals surface area contributed by atoms with E-state index in [4.69, 9.17) is 5.11 Å². The topological polar surface area (TPSA) is 69.6 Å². The highest BCUT2D eigenvalue weighted by atomic mass is 16.4. The molecule has 0 aromatic rings. The molecule has 2 N–H and O–H groups in total. The minimum Gasteiger partial charge on any atom is -0.481 e. The van der Waals surface area contributed by atoms with Crippen LogP contribution in [0.15, 0.2) is 0 Å². The molecule has 1 rings (SSSR count). The summed E-state index contributed by atoms with van der Waals surface area (Å²) in [5.41, 5.74) is 0. The highest BCUT2D eigenvalue weighted by Crippen LogP contribution is 2.26. The van der Waals surface area contributed by atoms with Gasteiger partial charge in [0.25, 0.3) is 0 Å². The van der Waals surface area contributed by atoms with Crippen LogP contribution < -0.4 is 5.32 Å². The number of carboxylic acids is 1. The lowest BCUT2D eigenvalue weighted by Crippen LogP contribution is -2.48. The number of carbonyl (C=O) groups is 2. The van der Waals surface area contributed by atoms with Gasteiger partial charge in [0, 0.05) is 19.1 Å². The standard InChI is InChI=1S/C14H26N2O3/c1-4-11(9-13(17)18)15-14(19)16(3)12-7-5-6-10(2)8-12/h10-12H,4-9H2,1-3H3,(H,15,19)(H,17,18). The van der Waals surface area contributed by atoms with Crippen LogP contribution in [0, 0.1) is 5.92 Å². The van der Waals surface area contributed by atoms with Crippen molar-refractivity contribution in [1.82, 2.24) is 10.2 Å². The van der Waals surface area contributed by atoms with Gasteiger partial charge in [-0.15, -0.1) is 0 Å². The third kappa shape index (κ3) is 5.09. The number of aliphatic carboxylic acids is 1. The summed E-state index contributed by atoms with van der Waals surface area (Å²) < 4.78 is 0. The molecular weight excluding hydrogens is 244 g/mol. The Morgan fingerprint density at radius 3 is 2.63 bits per heavy atom. The predicted molar refractivity (Wildman–Crippen MR) is 74.0 cm³/mol. The number of carboxylic acid groups (broad SMARTS) is 1. The second-order valence-electron chi connectivity index (χ2n) is 5.69. The van der Waals surface area contributed by atoms with Gasteiger partial charge in [-0.25, -0.2) is 4.79 Å². The van der Waals surface area contributed by atoms with Crippen molar-refractivity contribution in [2.75, 3.05) is 7.05 Å². The molecule has 3 atom stereocenters. The molecule has 0 bridgehead atoms. The molecule has 1 saturated carbocycles. The predicted octanol–water partition coefficient (Wildman–Crippen LogP) is 2.46. The van der Waals surface area contributed by atoms with E-state index in [1.807, 2.05) is 14.0 Å². The first-order chi connectivity index (χ1) is 8.93. The van der Waals surface area contributed by atoms with Gasteiger partial charge < -0.3 is 15.3 Å². The summed E-state index contributed by atoms with van der Waals surface area (Å²) in [5.74, 6) is -0.212. The quantitative estimate of drug-likeness (QED) is 0.806. The summed E-state index contributed by atoms with van der Waals surface area (Å²) >= 11 is 0. The number of carbonyl (C=O) groups excluding carboxylic acids is 1. The van der Waals surface area contributed by atoms with E-state index >= 15 is 0 Å². The van der Waals surface area contributed by atoms with E-state index in [1.54, 1.807) is 4.90 Å². The zero-order valence-electron chi connectivity index (χ0n) is 12.2. The maximum absolute atomic E-state index is 12.1. The van der Waals surface area contributed by atoms with Crippen LogP contribution in [0.3, 0.4) is 0 Å². The highest BCUT2D eigenvalue weighted by Gasteiger charge is 2.26. The Hall–Kier alpha value is -1.26. The SMILES string of the molecule is CCC(CC(=O)O)NC(=O)N(C)C1CCCC(C)C1. The van der Waals surface area contributed by atoms with Crippen LogP contribution in [0.25, 0.3) is 0 Å². The fourth-order valence-electron chi connectivity index (χ4n) is 2.70. The Balaban J connectivity index is 2.48. The van der Waals surface area contributed by atoms with Gasteiger partial charge in [-0.1, -0.05) is 26.7 Å². The monoisotopic (exact) mass is 270 g/mol. The number of hydrogen-bond donors (Lipinski definition) is 2. The van der Waals surface area contributed by atoms with E-state index in [0.29, 0.717) is 12.3 Å². The first-order valence-electron chi connectivity index (χ1n) is 7.19. The zero-order valence-corrected chi connectivity index (χ0v) is 12.2. The summed E-state index contributed by atoms with van der Waals surface area (Å²) in [6.45, 7) is 4.10. The normalized spacial score (nSPS) is 24.6. The van der Waals surface area contributed by atoms with Crippen LogP contribution in [0.4, 0.5) is 4.79 Å². The number of nitrogens with one attached hydrogen (secondary N) is 1. The molecule has 0 heterocycles. The van der Waals surface area contributed by atoms with E-state index in [0.717, 1.165) is 19.3 Å². The molecule has 0 aromatic carbocycles. The van der Waals surface area contributed by atoms with Gasteiger partial charge >= 0.3 is 12.0 Å². The maximum Gasteiger partial charge on any atom is 0.317 e. The van der Waals surface area contributed by atoms with Gasteiger partial charge in [0.15, 0.2) is 0 Å². The number of hydrogen-bond acceptors (Lipinski definition) is 2. The van der Waals surface area contributed by atoms with Crippen LogP contribution in [0.2, 0.25) is 0 Å². The third-order valence-corrected chi connectivity index (χ3v) is 4.02. The van der Waals surface area contributed by atoms with Gasteiger partial charge in [-0.05, 0) is 25.2 Å². The number of amides is 2. The molecule has 1 aliphatic carbocycles. The molecule has 3 unspecified atom stereocenters. The second kappa shape index (κ2) is 7.36. The Kier molecular flexibility index (Phi) is 6.12. The summed E-state index contributed by atoms with van der Waals surface area (Å²) in [4.78, 5) is 24.6. The highest BCUT2D eigenvalue weighted by molar-refractivity contribution is 5.76. The minimum absolute atomic E-state index is 0.0167. The molecule has 0 aromatic heterocycles. The van der Waals surface area contributed by atoms with E-state index in [-0.39, 0.29) is 24.5 Å². The Labute approximate surface area is 115 Å². The lowest BCUT2D eigenvalue weighted by molar-refractivity contribution is -0.137. The van der Waals surface area contributed by atoms with Crippen molar-refractivity contribution in [1.29, 1.82) is 0 Å². The summed E-state index contributed by atoms with van der Waals surface area (Å²) in [6.07, 6.45) is 5.10. The van der Waals surface area contributed by atoms with E-state index in [9.17, 15) is 9.59 Å². The van der Waals surface area contributed by atoms with Crippen molar-refractivity contribution in [3.63, 3.8) is 0 Å². The van der Waals surface area contributed by atoms with Gasteiger partial charge in [0.2, 0.25) is 0 Å². The fourth-order valence-corrected chi connectivity index (χ4v) is 2.70. The van der Waals surface area contributed by atoms with Crippen molar-refractivity contribution in [2.24, 2.45) is 5.92 Å². The molecule has 2 amide bonds. The van der Waals surface area contributed by atoms with Crippen molar-refractivity contribution in [3.05, 3.63) is 0 Å². The molecule has 19 heavy (non-hydrogen) atoms. The maximum atomic E-state index is 12.1. The average molecular weight is 270 g/mol. The van der Waals surface area contributed by atoms with Gasteiger partial charge in [0.1, 0.15) is 0 Å². The van der Waals surface area contributed by atoms with Gasteiger partial charge in [-0.3, -0.25) is 4.79 Å². The number of rotatable bonds is 5. The number of urea groups is 1. The lowest BCUT2D eigenvalue weighted by Gasteiger charge is -2.34. The molecule has 0 radical (unpaired) electrons. The molecule has 1 fully saturated rings. The van der Waals surface area contributed by atoms with Gasteiger partial charge in [0.05, 0.1) is 6.42 Å². The third-order valence-electron chi connectivity index (χ3n) is 4.02. The molecule has 5 nitrogen and oxygen atoms in total. The van der Waals surface area contributed by atoms with Crippen LogP contribution in [-0.4, -0.2) is 41.1 Å². The first-order valence-corrected chi connectivity index (χ1v) is 7.19. The summed E-state index contributed by atoms with van der Waals surface area (Å²) in [5, 5.41) is 11.6. The Morgan fingerprint density at radius 1 is 1.42 bits per heavy atom. The van der Waals surface area contributed by atoms with Crippen molar-refractivity contribution in [3.8, 4) is 0 Å². The summed E-state index contributed by atoms with van der Waals surface area (Å²) in [7, 11) is 1.81.